The number of rotatable bonds is 4. The summed E-state index contributed by atoms with van der Waals surface area (Å²) in [6.07, 6.45) is 4.02. The number of nitrogens with two attached hydrogens (primary N) is 1. The van der Waals surface area contributed by atoms with E-state index >= 15 is 0 Å². The lowest BCUT2D eigenvalue weighted by atomic mass is 9.95. The predicted octanol–water partition coefficient (Wildman–Crippen LogP) is 2.78. The maximum absolute atomic E-state index is 5.58. The highest BCUT2D eigenvalue weighted by atomic mass is 15.1. The monoisotopic (exact) mass is 260 g/mol. The Morgan fingerprint density at radius 2 is 2.00 bits per heavy atom. The molecule has 0 radical (unpaired) electrons. The van der Waals surface area contributed by atoms with Crippen molar-refractivity contribution in [2.24, 2.45) is 5.73 Å². The molecule has 0 bridgehead atoms. The first-order valence-electron chi connectivity index (χ1n) is 6.97. The summed E-state index contributed by atoms with van der Waals surface area (Å²) >= 11 is 0. The number of hydrogen-bond acceptors (Lipinski definition) is 3. The quantitative estimate of drug-likeness (QED) is 0.860. The third-order valence-corrected chi connectivity index (χ3v) is 3.23. The molecule has 0 aliphatic heterocycles. The van der Waals surface area contributed by atoms with Crippen LogP contribution >= 0.6 is 0 Å². The Kier molecular flexibility index (Phi) is 3.90. The molecule has 0 spiro atoms. The Morgan fingerprint density at radius 1 is 1.26 bits per heavy atom. The van der Waals surface area contributed by atoms with Crippen LogP contribution < -0.4 is 5.73 Å². The van der Waals surface area contributed by atoms with E-state index in [4.69, 9.17) is 10.7 Å². The summed E-state index contributed by atoms with van der Waals surface area (Å²) in [6.45, 7) is 10.3. The van der Waals surface area contributed by atoms with Crippen LogP contribution in [0.5, 0.6) is 0 Å². The minimum absolute atomic E-state index is 0.0251. The van der Waals surface area contributed by atoms with E-state index in [0.29, 0.717) is 0 Å². The van der Waals surface area contributed by atoms with Gasteiger partial charge in [0.2, 0.25) is 0 Å². The van der Waals surface area contributed by atoms with E-state index in [2.05, 4.69) is 43.3 Å². The maximum atomic E-state index is 5.58. The molecular formula is C15H24N4. The Hall–Kier alpha value is -1.42. The number of imidazole rings is 1. The number of aromatic nitrogens is 3. The van der Waals surface area contributed by atoms with Crippen LogP contribution in [0.4, 0.5) is 0 Å². The number of hydrogen-bond donors (Lipinski definition) is 1. The van der Waals surface area contributed by atoms with Crippen molar-refractivity contribution >= 4 is 11.2 Å². The molecule has 2 aromatic heterocycles. The van der Waals surface area contributed by atoms with Gasteiger partial charge in [0.05, 0.1) is 0 Å². The summed E-state index contributed by atoms with van der Waals surface area (Å²) in [4.78, 5) is 9.36. The van der Waals surface area contributed by atoms with Gasteiger partial charge in [0.15, 0.2) is 5.65 Å². The second-order valence-electron chi connectivity index (χ2n) is 6.19. The lowest BCUT2D eigenvalue weighted by Gasteiger charge is -2.19. The molecule has 2 heterocycles. The summed E-state index contributed by atoms with van der Waals surface area (Å²) in [5.74, 6) is 1.11. The van der Waals surface area contributed by atoms with Crippen molar-refractivity contribution in [3.05, 3.63) is 23.7 Å². The number of nitrogens with zero attached hydrogens (tertiary/aromatic N) is 3. The van der Waals surface area contributed by atoms with E-state index in [0.717, 1.165) is 48.5 Å². The van der Waals surface area contributed by atoms with Crippen LogP contribution in [0.2, 0.25) is 0 Å². The highest BCUT2D eigenvalue weighted by molar-refractivity contribution is 5.72. The number of unbranched alkanes of at least 4 members (excludes halogenated alkanes) is 1. The Labute approximate surface area is 115 Å². The maximum Gasteiger partial charge on any atom is 0.160 e. The minimum Gasteiger partial charge on any atom is -0.330 e. The molecule has 0 atom stereocenters. The van der Waals surface area contributed by atoms with Gasteiger partial charge in [0.1, 0.15) is 11.3 Å². The summed E-state index contributed by atoms with van der Waals surface area (Å²) in [5, 5.41) is 0. The highest BCUT2D eigenvalue weighted by Gasteiger charge is 2.23. The van der Waals surface area contributed by atoms with Crippen LogP contribution in [0.25, 0.3) is 11.2 Å². The van der Waals surface area contributed by atoms with E-state index in [1.54, 1.807) is 0 Å². The third-order valence-electron chi connectivity index (χ3n) is 3.23. The van der Waals surface area contributed by atoms with Gasteiger partial charge < -0.3 is 10.3 Å². The molecule has 104 valence electrons. The molecule has 19 heavy (non-hydrogen) atoms. The SMILES string of the molecule is Cc1cnc2c(c1)nc(C(C)(C)C)n2CCCCN. The zero-order valence-corrected chi connectivity index (χ0v) is 12.4. The van der Waals surface area contributed by atoms with Crippen LogP contribution in [-0.2, 0) is 12.0 Å². The van der Waals surface area contributed by atoms with Crippen LogP contribution in [-0.4, -0.2) is 21.1 Å². The standard InChI is InChI=1S/C15H24N4/c1-11-9-12-13(17-10-11)19(8-6-5-7-16)14(18-12)15(2,3)4/h9-10H,5-8,16H2,1-4H3. The van der Waals surface area contributed by atoms with Gasteiger partial charge in [-0.1, -0.05) is 20.8 Å². The van der Waals surface area contributed by atoms with Gasteiger partial charge >= 0.3 is 0 Å². The van der Waals surface area contributed by atoms with Crippen LogP contribution in [0.1, 0.15) is 45.0 Å². The fraction of sp³-hybridized carbons (Fsp3) is 0.600. The van der Waals surface area contributed by atoms with Crippen molar-refractivity contribution in [3.63, 3.8) is 0 Å². The largest absolute Gasteiger partial charge is 0.330 e. The Morgan fingerprint density at radius 3 is 2.63 bits per heavy atom. The average Bonchev–Trinajstić information content (AvgIpc) is 2.67. The first-order valence-corrected chi connectivity index (χ1v) is 6.97. The third kappa shape index (κ3) is 2.95. The normalized spacial score (nSPS) is 12.3. The molecule has 0 aliphatic rings. The van der Waals surface area contributed by atoms with E-state index in [9.17, 15) is 0 Å². The second-order valence-corrected chi connectivity index (χ2v) is 6.19. The van der Waals surface area contributed by atoms with Gasteiger partial charge in [0, 0.05) is 18.2 Å². The number of pyridine rings is 1. The average molecular weight is 260 g/mol. The van der Waals surface area contributed by atoms with Gasteiger partial charge in [-0.05, 0) is 37.9 Å². The van der Waals surface area contributed by atoms with Crippen LogP contribution in [0.3, 0.4) is 0 Å². The molecule has 0 saturated heterocycles. The van der Waals surface area contributed by atoms with E-state index in [-0.39, 0.29) is 5.41 Å². The smallest absolute Gasteiger partial charge is 0.160 e. The molecule has 0 unspecified atom stereocenters. The molecule has 0 fully saturated rings. The van der Waals surface area contributed by atoms with Gasteiger partial charge in [-0.15, -0.1) is 0 Å². The first kappa shape index (κ1) is 14.0. The van der Waals surface area contributed by atoms with Gasteiger partial charge in [-0.2, -0.15) is 0 Å². The molecule has 0 amide bonds. The lowest BCUT2D eigenvalue weighted by Crippen LogP contribution is -2.19. The minimum atomic E-state index is 0.0251. The molecule has 0 aromatic carbocycles. The molecule has 4 heteroatoms. The van der Waals surface area contributed by atoms with Crippen molar-refractivity contribution in [2.45, 2.75) is 52.5 Å². The lowest BCUT2D eigenvalue weighted by molar-refractivity contribution is 0.491. The summed E-state index contributed by atoms with van der Waals surface area (Å²) in [6, 6.07) is 2.11. The number of fused-ring (bicyclic) bond motifs is 1. The summed E-state index contributed by atoms with van der Waals surface area (Å²) in [7, 11) is 0. The summed E-state index contributed by atoms with van der Waals surface area (Å²) < 4.78 is 2.25. The van der Waals surface area contributed by atoms with E-state index < -0.39 is 0 Å². The van der Waals surface area contributed by atoms with Crippen LogP contribution in [0, 0.1) is 6.92 Å². The fourth-order valence-corrected chi connectivity index (χ4v) is 2.31. The zero-order valence-electron chi connectivity index (χ0n) is 12.4. The van der Waals surface area contributed by atoms with E-state index in [1.165, 1.54) is 0 Å². The number of aryl methyl sites for hydroxylation is 2. The van der Waals surface area contributed by atoms with Gasteiger partial charge in [-0.3, -0.25) is 0 Å². The van der Waals surface area contributed by atoms with E-state index in [1.807, 2.05) is 6.20 Å². The van der Waals surface area contributed by atoms with Gasteiger partial charge in [0.25, 0.3) is 0 Å². The van der Waals surface area contributed by atoms with Crippen molar-refractivity contribution in [1.29, 1.82) is 0 Å². The summed E-state index contributed by atoms with van der Waals surface area (Å²) in [5.41, 5.74) is 8.75. The van der Waals surface area contributed by atoms with Crippen LogP contribution in [0.15, 0.2) is 12.3 Å². The topological polar surface area (TPSA) is 56.7 Å². The fourth-order valence-electron chi connectivity index (χ4n) is 2.31. The molecular weight excluding hydrogens is 236 g/mol. The zero-order chi connectivity index (χ0) is 14.0. The predicted molar refractivity (Wildman–Crippen MR) is 79.3 cm³/mol. The molecule has 4 nitrogen and oxygen atoms in total. The molecule has 2 rings (SSSR count). The van der Waals surface area contributed by atoms with Crippen molar-refractivity contribution in [3.8, 4) is 0 Å². The second kappa shape index (κ2) is 5.29. The molecule has 2 aromatic rings. The van der Waals surface area contributed by atoms with Gasteiger partial charge in [-0.25, -0.2) is 9.97 Å². The first-order chi connectivity index (χ1) is 8.93. The van der Waals surface area contributed by atoms with Crippen molar-refractivity contribution < 1.29 is 0 Å². The molecule has 0 saturated carbocycles. The molecule has 0 aliphatic carbocycles. The Balaban J connectivity index is 2.49. The van der Waals surface area contributed by atoms with Crippen molar-refractivity contribution in [1.82, 2.24) is 14.5 Å². The Bertz CT molecular complexity index is 563. The van der Waals surface area contributed by atoms with Crippen molar-refractivity contribution in [2.75, 3.05) is 6.54 Å². The highest BCUT2D eigenvalue weighted by Crippen LogP contribution is 2.26. The molecule has 2 N–H and O–H groups in total.